The maximum atomic E-state index is 10.7. The minimum absolute atomic E-state index is 0.0107. The number of nitriles is 1. The predicted octanol–water partition coefficient (Wildman–Crippen LogP) is 0.948. The normalized spacial score (nSPS) is 7.93. The highest BCUT2D eigenvalue weighted by molar-refractivity contribution is 5.75. The first kappa shape index (κ1) is 15.9. The van der Waals surface area contributed by atoms with Gasteiger partial charge in [0, 0.05) is 20.4 Å². The molecule has 0 aliphatic carbocycles. The van der Waals surface area contributed by atoms with Crippen LogP contribution in [0.1, 0.15) is 27.2 Å². The van der Waals surface area contributed by atoms with Gasteiger partial charge in [0.05, 0.1) is 12.7 Å². The summed E-state index contributed by atoms with van der Waals surface area (Å²) < 4.78 is 4.40. The van der Waals surface area contributed by atoms with E-state index in [2.05, 4.69) is 4.74 Å². The second kappa shape index (κ2) is 10.5. The van der Waals surface area contributed by atoms with Gasteiger partial charge in [0.25, 0.3) is 0 Å². The quantitative estimate of drug-likeness (QED) is 0.518. The lowest BCUT2D eigenvalue weighted by Gasteiger charge is -2.09. The van der Waals surface area contributed by atoms with Crippen molar-refractivity contribution in [2.24, 2.45) is 0 Å². The van der Waals surface area contributed by atoms with Gasteiger partial charge in [0.1, 0.15) is 6.54 Å². The average Bonchev–Trinajstić information content (AvgIpc) is 2.17. The molecule has 0 saturated carbocycles. The second-order valence-corrected chi connectivity index (χ2v) is 2.69. The molecule has 15 heavy (non-hydrogen) atoms. The molecule has 0 bridgehead atoms. The fraction of sp³-hybridized carbons (Fsp3) is 0.700. The van der Waals surface area contributed by atoms with E-state index in [0.717, 1.165) is 0 Å². The zero-order valence-corrected chi connectivity index (χ0v) is 9.74. The van der Waals surface area contributed by atoms with E-state index in [1.165, 1.54) is 11.8 Å². The highest BCUT2D eigenvalue weighted by Crippen LogP contribution is 1.86. The van der Waals surface area contributed by atoms with Gasteiger partial charge in [-0.1, -0.05) is 6.92 Å². The maximum Gasteiger partial charge on any atom is 0.302 e. The standard InChI is InChI=1S/C6H10N2O.C4H8O2/c1-3-6(9)8(2)5-4-7;1-3-6-4(2)5/h3,5H2,1-2H3;3H2,1-2H3. The van der Waals surface area contributed by atoms with Crippen molar-refractivity contribution >= 4 is 11.9 Å². The van der Waals surface area contributed by atoms with Crippen LogP contribution in [0.3, 0.4) is 0 Å². The Morgan fingerprint density at radius 1 is 1.40 bits per heavy atom. The first-order valence-corrected chi connectivity index (χ1v) is 4.73. The van der Waals surface area contributed by atoms with Crippen molar-refractivity contribution in [2.75, 3.05) is 20.2 Å². The van der Waals surface area contributed by atoms with Crippen LogP contribution in [-0.4, -0.2) is 37.0 Å². The molecule has 0 saturated heterocycles. The molecule has 0 unspecified atom stereocenters. The highest BCUT2D eigenvalue weighted by Gasteiger charge is 2.02. The largest absolute Gasteiger partial charge is 0.466 e. The molecule has 0 fully saturated rings. The lowest BCUT2D eigenvalue weighted by Crippen LogP contribution is -2.25. The third-order valence-corrected chi connectivity index (χ3v) is 1.38. The highest BCUT2D eigenvalue weighted by atomic mass is 16.5. The van der Waals surface area contributed by atoms with Crippen LogP contribution >= 0.6 is 0 Å². The van der Waals surface area contributed by atoms with Crippen molar-refractivity contribution in [2.45, 2.75) is 27.2 Å². The molecule has 0 aromatic heterocycles. The molecule has 0 aliphatic heterocycles. The van der Waals surface area contributed by atoms with Gasteiger partial charge in [-0.25, -0.2) is 0 Å². The van der Waals surface area contributed by atoms with E-state index in [0.29, 0.717) is 13.0 Å². The Bertz CT molecular complexity index is 233. The van der Waals surface area contributed by atoms with E-state index < -0.39 is 0 Å². The Labute approximate surface area is 90.6 Å². The molecule has 0 N–H and O–H groups in total. The molecule has 5 nitrogen and oxygen atoms in total. The Hall–Kier alpha value is -1.57. The fourth-order valence-electron chi connectivity index (χ4n) is 0.667. The van der Waals surface area contributed by atoms with Gasteiger partial charge >= 0.3 is 5.97 Å². The van der Waals surface area contributed by atoms with E-state index in [1.54, 1.807) is 20.9 Å². The third-order valence-electron chi connectivity index (χ3n) is 1.38. The fourth-order valence-corrected chi connectivity index (χ4v) is 0.667. The van der Waals surface area contributed by atoms with Crippen LogP contribution in [0.4, 0.5) is 0 Å². The van der Waals surface area contributed by atoms with Gasteiger partial charge in [-0.05, 0) is 6.92 Å². The van der Waals surface area contributed by atoms with Gasteiger partial charge in [-0.15, -0.1) is 0 Å². The van der Waals surface area contributed by atoms with Crippen molar-refractivity contribution in [1.82, 2.24) is 4.90 Å². The van der Waals surface area contributed by atoms with Crippen molar-refractivity contribution in [3.63, 3.8) is 0 Å². The summed E-state index contributed by atoms with van der Waals surface area (Å²) in [6.07, 6.45) is 0.470. The maximum absolute atomic E-state index is 10.7. The molecule has 0 rings (SSSR count). The van der Waals surface area contributed by atoms with Crippen LogP contribution in [0.15, 0.2) is 0 Å². The molecule has 86 valence electrons. The van der Waals surface area contributed by atoms with Crippen molar-refractivity contribution in [3.05, 3.63) is 0 Å². The van der Waals surface area contributed by atoms with Gasteiger partial charge in [0.15, 0.2) is 0 Å². The number of amides is 1. The molecular weight excluding hydrogens is 196 g/mol. The number of esters is 1. The predicted molar refractivity (Wildman–Crippen MR) is 55.8 cm³/mol. The summed E-state index contributed by atoms with van der Waals surface area (Å²) >= 11 is 0. The number of rotatable bonds is 3. The number of ether oxygens (including phenoxy) is 1. The van der Waals surface area contributed by atoms with Crippen LogP contribution in [0.2, 0.25) is 0 Å². The smallest absolute Gasteiger partial charge is 0.302 e. The molecule has 1 amide bonds. The van der Waals surface area contributed by atoms with Crippen LogP contribution in [0, 0.1) is 11.3 Å². The van der Waals surface area contributed by atoms with Crippen molar-refractivity contribution in [1.29, 1.82) is 5.26 Å². The Morgan fingerprint density at radius 2 is 1.93 bits per heavy atom. The van der Waals surface area contributed by atoms with E-state index in [-0.39, 0.29) is 18.4 Å². The molecule has 0 aromatic rings. The summed E-state index contributed by atoms with van der Waals surface area (Å²) in [7, 11) is 1.62. The second-order valence-electron chi connectivity index (χ2n) is 2.69. The van der Waals surface area contributed by atoms with Gasteiger partial charge in [-0.3, -0.25) is 9.59 Å². The summed E-state index contributed by atoms with van der Waals surface area (Å²) in [5, 5.41) is 8.14. The number of carbonyl (C=O) groups is 2. The van der Waals surface area contributed by atoms with Crippen LogP contribution < -0.4 is 0 Å². The zero-order chi connectivity index (χ0) is 12.3. The topological polar surface area (TPSA) is 70.4 Å². The average molecular weight is 214 g/mol. The molecule has 0 radical (unpaired) electrons. The SMILES string of the molecule is CCC(=O)N(C)CC#N.CCOC(C)=O. The Morgan fingerprint density at radius 3 is 2.13 bits per heavy atom. The van der Waals surface area contributed by atoms with Crippen LogP contribution in [0.5, 0.6) is 0 Å². The number of carbonyl (C=O) groups excluding carboxylic acids is 2. The van der Waals surface area contributed by atoms with E-state index >= 15 is 0 Å². The molecular formula is C10H18N2O3. The first-order chi connectivity index (χ1) is 6.99. The monoisotopic (exact) mass is 214 g/mol. The third kappa shape index (κ3) is 12.4. The zero-order valence-electron chi connectivity index (χ0n) is 9.74. The van der Waals surface area contributed by atoms with Crippen molar-refractivity contribution in [3.8, 4) is 6.07 Å². The molecule has 5 heteroatoms. The van der Waals surface area contributed by atoms with E-state index in [9.17, 15) is 9.59 Å². The molecule has 0 heterocycles. The number of hydrogen-bond acceptors (Lipinski definition) is 4. The minimum Gasteiger partial charge on any atom is -0.466 e. The van der Waals surface area contributed by atoms with Crippen LogP contribution in [-0.2, 0) is 14.3 Å². The van der Waals surface area contributed by atoms with Crippen LogP contribution in [0.25, 0.3) is 0 Å². The van der Waals surface area contributed by atoms with Crippen molar-refractivity contribution < 1.29 is 14.3 Å². The molecule has 0 aliphatic rings. The minimum atomic E-state index is -0.211. The van der Waals surface area contributed by atoms with Gasteiger partial charge in [-0.2, -0.15) is 5.26 Å². The molecule has 0 spiro atoms. The van der Waals surface area contributed by atoms with Gasteiger partial charge < -0.3 is 9.64 Å². The number of nitrogens with zero attached hydrogens (tertiary/aromatic N) is 2. The summed E-state index contributed by atoms with van der Waals surface area (Å²) in [5.74, 6) is -0.200. The summed E-state index contributed by atoms with van der Waals surface area (Å²) in [6.45, 7) is 5.61. The Kier molecular flexibility index (Phi) is 11.1. The molecule has 0 aromatic carbocycles. The molecule has 0 atom stereocenters. The summed E-state index contributed by atoms with van der Waals surface area (Å²) in [5.41, 5.74) is 0. The lowest BCUT2D eigenvalue weighted by atomic mass is 10.4. The van der Waals surface area contributed by atoms with E-state index in [1.807, 2.05) is 6.07 Å². The summed E-state index contributed by atoms with van der Waals surface area (Å²) in [4.78, 5) is 21.9. The first-order valence-electron chi connectivity index (χ1n) is 4.73. The Balaban J connectivity index is 0. The summed E-state index contributed by atoms with van der Waals surface area (Å²) in [6, 6.07) is 1.89. The lowest BCUT2D eigenvalue weighted by molar-refractivity contribution is -0.140. The number of hydrogen-bond donors (Lipinski definition) is 0. The van der Waals surface area contributed by atoms with E-state index in [4.69, 9.17) is 5.26 Å². The van der Waals surface area contributed by atoms with Gasteiger partial charge in [0.2, 0.25) is 5.91 Å².